The van der Waals surface area contributed by atoms with Gasteiger partial charge >= 0.3 is 0 Å². The molecule has 24 heavy (non-hydrogen) atoms. The van der Waals surface area contributed by atoms with Crippen LogP contribution in [0.5, 0.6) is 0 Å². The van der Waals surface area contributed by atoms with Gasteiger partial charge in [0.25, 0.3) is 5.91 Å². The molecule has 0 radical (unpaired) electrons. The van der Waals surface area contributed by atoms with E-state index in [9.17, 15) is 9.18 Å². The van der Waals surface area contributed by atoms with E-state index >= 15 is 0 Å². The topological polar surface area (TPSA) is 23.6 Å². The molecule has 0 unspecified atom stereocenters. The molecule has 3 nitrogen and oxygen atoms in total. The number of piperazine rings is 1. The van der Waals surface area contributed by atoms with Crippen LogP contribution in [0, 0.1) is 12.7 Å². The van der Waals surface area contributed by atoms with Gasteiger partial charge in [-0.3, -0.25) is 4.79 Å². The number of aryl methyl sites for hydroxylation is 2. The van der Waals surface area contributed by atoms with Crippen LogP contribution in [0.25, 0.3) is 0 Å². The van der Waals surface area contributed by atoms with Gasteiger partial charge < -0.3 is 9.80 Å². The van der Waals surface area contributed by atoms with Crippen molar-refractivity contribution >= 4 is 11.6 Å². The van der Waals surface area contributed by atoms with Gasteiger partial charge in [-0.05, 0) is 48.7 Å². The molecule has 0 aliphatic carbocycles. The van der Waals surface area contributed by atoms with E-state index in [4.69, 9.17) is 0 Å². The van der Waals surface area contributed by atoms with Gasteiger partial charge in [0, 0.05) is 37.4 Å². The minimum atomic E-state index is -0.317. The molecule has 1 aliphatic heterocycles. The van der Waals surface area contributed by atoms with Crippen molar-refractivity contribution in [2.24, 2.45) is 0 Å². The molecule has 1 heterocycles. The highest BCUT2D eigenvalue weighted by Crippen LogP contribution is 2.27. The first kappa shape index (κ1) is 16.5. The summed E-state index contributed by atoms with van der Waals surface area (Å²) < 4.78 is 13.0. The summed E-state index contributed by atoms with van der Waals surface area (Å²) in [6.07, 6.45) is 1.01. The number of amides is 1. The van der Waals surface area contributed by atoms with E-state index in [0.717, 1.165) is 19.5 Å². The predicted molar refractivity (Wildman–Crippen MR) is 95.1 cm³/mol. The third-order valence-corrected chi connectivity index (χ3v) is 4.68. The van der Waals surface area contributed by atoms with Crippen LogP contribution in [0.3, 0.4) is 0 Å². The zero-order valence-corrected chi connectivity index (χ0v) is 14.3. The van der Waals surface area contributed by atoms with Crippen molar-refractivity contribution in [1.29, 1.82) is 0 Å². The molecule has 4 heteroatoms. The van der Waals surface area contributed by atoms with Crippen molar-refractivity contribution in [3.8, 4) is 0 Å². The van der Waals surface area contributed by atoms with Crippen molar-refractivity contribution in [2.75, 3.05) is 31.1 Å². The first-order chi connectivity index (χ1) is 11.6. The van der Waals surface area contributed by atoms with Crippen LogP contribution in [0.15, 0.2) is 42.5 Å². The van der Waals surface area contributed by atoms with Crippen molar-refractivity contribution < 1.29 is 9.18 Å². The van der Waals surface area contributed by atoms with Crippen LogP contribution in [0.4, 0.5) is 10.1 Å². The fourth-order valence-corrected chi connectivity index (χ4v) is 3.37. The molecule has 1 saturated heterocycles. The lowest BCUT2D eigenvalue weighted by Crippen LogP contribution is -2.49. The molecule has 126 valence electrons. The SMILES string of the molecule is CCc1cccc(C)c1N1CCN(C(=O)c2ccc(F)cc2)CC1. The fraction of sp³-hybridized carbons (Fsp3) is 0.350. The van der Waals surface area contributed by atoms with Crippen molar-refractivity contribution in [1.82, 2.24) is 4.90 Å². The maximum absolute atomic E-state index is 13.0. The van der Waals surface area contributed by atoms with E-state index in [1.165, 1.54) is 28.9 Å². The molecule has 0 saturated carbocycles. The monoisotopic (exact) mass is 326 g/mol. The van der Waals surface area contributed by atoms with Crippen LogP contribution >= 0.6 is 0 Å². The Bertz CT molecular complexity index is 719. The second-order valence-corrected chi connectivity index (χ2v) is 6.22. The standard InChI is InChI=1S/C20H23FN2O/c1-3-16-6-4-5-15(2)19(16)22-11-13-23(14-12-22)20(24)17-7-9-18(21)10-8-17/h4-10H,3,11-14H2,1-2H3. The number of carbonyl (C=O) groups excluding carboxylic acids is 1. The number of halogens is 1. The zero-order chi connectivity index (χ0) is 17.1. The summed E-state index contributed by atoms with van der Waals surface area (Å²) in [5.74, 6) is -0.335. The Morgan fingerprint density at radius 1 is 1.04 bits per heavy atom. The van der Waals surface area contributed by atoms with E-state index in [1.54, 1.807) is 12.1 Å². The molecule has 0 aromatic heterocycles. The van der Waals surface area contributed by atoms with Crippen LogP contribution in [0.2, 0.25) is 0 Å². The molecule has 1 fully saturated rings. The fourth-order valence-electron chi connectivity index (χ4n) is 3.37. The molecule has 2 aromatic rings. The lowest BCUT2D eigenvalue weighted by Gasteiger charge is -2.37. The van der Waals surface area contributed by atoms with Gasteiger partial charge in [-0.2, -0.15) is 0 Å². The number of hydrogen-bond donors (Lipinski definition) is 0. The minimum absolute atomic E-state index is 0.0184. The minimum Gasteiger partial charge on any atom is -0.368 e. The normalized spacial score (nSPS) is 14.8. The molecule has 0 N–H and O–H groups in total. The Hall–Kier alpha value is -2.36. The summed E-state index contributed by atoms with van der Waals surface area (Å²) in [4.78, 5) is 16.8. The van der Waals surface area contributed by atoms with Gasteiger partial charge in [0.2, 0.25) is 0 Å². The number of anilines is 1. The van der Waals surface area contributed by atoms with E-state index < -0.39 is 0 Å². The molecular formula is C20H23FN2O. The average Bonchev–Trinajstić information content (AvgIpc) is 2.61. The third kappa shape index (κ3) is 3.28. The second kappa shape index (κ2) is 7.04. The van der Waals surface area contributed by atoms with Crippen molar-refractivity contribution in [3.05, 3.63) is 65.0 Å². The first-order valence-corrected chi connectivity index (χ1v) is 8.48. The number of carbonyl (C=O) groups is 1. The Kier molecular flexibility index (Phi) is 4.84. The van der Waals surface area contributed by atoms with Gasteiger partial charge in [-0.1, -0.05) is 25.1 Å². The third-order valence-electron chi connectivity index (χ3n) is 4.68. The summed E-state index contributed by atoms with van der Waals surface area (Å²) in [5.41, 5.74) is 4.50. The lowest BCUT2D eigenvalue weighted by molar-refractivity contribution is 0.0746. The summed E-state index contributed by atoms with van der Waals surface area (Å²) in [6, 6.07) is 12.2. The van der Waals surface area contributed by atoms with E-state index in [2.05, 4.69) is 36.9 Å². The van der Waals surface area contributed by atoms with Crippen LogP contribution < -0.4 is 4.90 Å². The summed E-state index contributed by atoms with van der Waals surface area (Å²) in [5, 5.41) is 0. The Labute approximate surface area is 142 Å². The Morgan fingerprint density at radius 3 is 2.33 bits per heavy atom. The zero-order valence-electron chi connectivity index (χ0n) is 14.3. The summed E-state index contributed by atoms with van der Waals surface area (Å²) in [7, 11) is 0. The van der Waals surface area contributed by atoms with Crippen LogP contribution in [-0.2, 0) is 6.42 Å². The van der Waals surface area contributed by atoms with Gasteiger partial charge in [0.05, 0.1) is 0 Å². The molecule has 1 aliphatic rings. The van der Waals surface area contributed by atoms with Gasteiger partial charge in [0.15, 0.2) is 0 Å². The molecule has 1 amide bonds. The predicted octanol–water partition coefficient (Wildman–Crippen LogP) is 3.66. The molecule has 0 atom stereocenters. The quantitative estimate of drug-likeness (QED) is 0.859. The van der Waals surface area contributed by atoms with Gasteiger partial charge in [0.1, 0.15) is 5.82 Å². The highest BCUT2D eigenvalue weighted by molar-refractivity contribution is 5.94. The van der Waals surface area contributed by atoms with Crippen molar-refractivity contribution in [2.45, 2.75) is 20.3 Å². The summed E-state index contributed by atoms with van der Waals surface area (Å²) >= 11 is 0. The molecule has 3 rings (SSSR count). The van der Waals surface area contributed by atoms with Gasteiger partial charge in [-0.25, -0.2) is 4.39 Å². The maximum Gasteiger partial charge on any atom is 0.253 e. The largest absolute Gasteiger partial charge is 0.368 e. The number of benzene rings is 2. The number of nitrogens with zero attached hydrogens (tertiary/aromatic N) is 2. The van der Waals surface area contributed by atoms with Gasteiger partial charge in [-0.15, -0.1) is 0 Å². The average molecular weight is 326 g/mol. The maximum atomic E-state index is 13.0. The molecule has 0 spiro atoms. The Morgan fingerprint density at radius 2 is 1.71 bits per heavy atom. The van der Waals surface area contributed by atoms with E-state index in [-0.39, 0.29) is 11.7 Å². The van der Waals surface area contributed by atoms with Crippen LogP contribution in [-0.4, -0.2) is 37.0 Å². The first-order valence-electron chi connectivity index (χ1n) is 8.48. The lowest BCUT2D eigenvalue weighted by atomic mass is 10.0. The number of para-hydroxylation sites is 1. The summed E-state index contributed by atoms with van der Waals surface area (Å²) in [6.45, 7) is 7.34. The van der Waals surface area contributed by atoms with Crippen LogP contribution in [0.1, 0.15) is 28.4 Å². The van der Waals surface area contributed by atoms with E-state index in [1.807, 2.05) is 4.90 Å². The molecular weight excluding hydrogens is 303 g/mol. The highest BCUT2D eigenvalue weighted by Gasteiger charge is 2.24. The molecule has 2 aromatic carbocycles. The second-order valence-electron chi connectivity index (χ2n) is 6.22. The smallest absolute Gasteiger partial charge is 0.253 e. The van der Waals surface area contributed by atoms with E-state index in [0.29, 0.717) is 18.7 Å². The highest BCUT2D eigenvalue weighted by atomic mass is 19.1. The molecule has 0 bridgehead atoms. The number of hydrogen-bond acceptors (Lipinski definition) is 2. The Balaban J connectivity index is 1.70. The van der Waals surface area contributed by atoms with Crippen molar-refractivity contribution in [3.63, 3.8) is 0 Å². The number of rotatable bonds is 3.